The Bertz CT molecular complexity index is 528. The number of ether oxygens (including phenoxy) is 1. The smallest absolute Gasteiger partial charge is 0.201 e. The van der Waals surface area contributed by atoms with Gasteiger partial charge in [-0.15, -0.1) is 0 Å². The molecule has 1 heterocycles. The second-order valence-corrected chi connectivity index (χ2v) is 4.25. The topological polar surface area (TPSA) is 53.1 Å². The molecule has 2 aromatic rings. The minimum absolute atomic E-state index is 0.525. The number of hydrogen-bond acceptors (Lipinski definition) is 3. The second-order valence-electron chi connectivity index (χ2n) is 4.25. The van der Waals surface area contributed by atoms with Crippen molar-refractivity contribution in [3.63, 3.8) is 0 Å². The standard InChI is InChI=1S/C12H15N3O/c1-16-10-7-3-6-9-11(10)14-12(13)15(9)8-4-2-5-8/h3,6-8H,2,4-5H2,1H3,(H2,13,14). The van der Waals surface area contributed by atoms with Gasteiger partial charge in [0.1, 0.15) is 11.3 Å². The maximum atomic E-state index is 5.98. The number of anilines is 1. The fourth-order valence-corrected chi connectivity index (χ4v) is 2.30. The van der Waals surface area contributed by atoms with Crippen molar-refractivity contribution < 1.29 is 4.74 Å². The highest BCUT2D eigenvalue weighted by Crippen LogP contribution is 2.37. The summed E-state index contributed by atoms with van der Waals surface area (Å²) in [5, 5.41) is 0. The van der Waals surface area contributed by atoms with Crippen molar-refractivity contribution >= 4 is 17.0 Å². The maximum absolute atomic E-state index is 5.98. The van der Waals surface area contributed by atoms with Crippen molar-refractivity contribution in [3.05, 3.63) is 18.2 Å². The second kappa shape index (κ2) is 3.40. The summed E-state index contributed by atoms with van der Waals surface area (Å²) in [6, 6.07) is 6.48. The highest BCUT2D eigenvalue weighted by Gasteiger charge is 2.24. The van der Waals surface area contributed by atoms with E-state index in [-0.39, 0.29) is 0 Å². The van der Waals surface area contributed by atoms with Gasteiger partial charge in [-0.25, -0.2) is 4.98 Å². The van der Waals surface area contributed by atoms with Gasteiger partial charge in [-0.1, -0.05) is 6.07 Å². The molecule has 2 N–H and O–H groups in total. The number of fused-ring (bicyclic) bond motifs is 1. The number of nitrogens with two attached hydrogens (primary N) is 1. The van der Waals surface area contributed by atoms with Crippen LogP contribution in [0.3, 0.4) is 0 Å². The van der Waals surface area contributed by atoms with Crippen LogP contribution in [0.2, 0.25) is 0 Å². The Morgan fingerprint density at radius 1 is 1.44 bits per heavy atom. The first-order valence-corrected chi connectivity index (χ1v) is 5.61. The SMILES string of the molecule is COc1cccc2c1nc(N)n2C1CCC1. The predicted molar refractivity (Wildman–Crippen MR) is 63.6 cm³/mol. The molecule has 1 saturated carbocycles. The minimum Gasteiger partial charge on any atom is -0.494 e. The van der Waals surface area contributed by atoms with E-state index in [1.807, 2.05) is 12.1 Å². The van der Waals surface area contributed by atoms with Crippen LogP contribution in [0.25, 0.3) is 11.0 Å². The first kappa shape index (κ1) is 9.51. The molecule has 1 aliphatic carbocycles. The van der Waals surface area contributed by atoms with Crippen LogP contribution >= 0.6 is 0 Å². The zero-order valence-corrected chi connectivity index (χ0v) is 9.31. The van der Waals surface area contributed by atoms with E-state index in [2.05, 4.69) is 15.6 Å². The summed E-state index contributed by atoms with van der Waals surface area (Å²) in [5.74, 6) is 1.39. The van der Waals surface area contributed by atoms with Crippen LogP contribution in [-0.4, -0.2) is 16.7 Å². The third kappa shape index (κ3) is 1.19. The number of imidazole rings is 1. The Morgan fingerprint density at radius 3 is 2.88 bits per heavy atom. The van der Waals surface area contributed by atoms with Crippen molar-refractivity contribution in [2.75, 3.05) is 12.8 Å². The summed E-state index contributed by atoms with van der Waals surface area (Å²) >= 11 is 0. The number of methoxy groups -OCH3 is 1. The maximum Gasteiger partial charge on any atom is 0.201 e. The molecule has 1 fully saturated rings. The monoisotopic (exact) mass is 217 g/mol. The van der Waals surface area contributed by atoms with E-state index in [9.17, 15) is 0 Å². The largest absolute Gasteiger partial charge is 0.494 e. The average molecular weight is 217 g/mol. The normalized spacial score (nSPS) is 16.3. The van der Waals surface area contributed by atoms with E-state index >= 15 is 0 Å². The molecule has 1 aliphatic rings. The molecule has 1 aromatic carbocycles. The summed E-state index contributed by atoms with van der Waals surface area (Å²) in [7, 11) is 1.66. The molecule has 4 nitrogen and oxygen atoms in total. The minimum atomic E-state index is 0.525. The third-order valence-corrected chi connectivity index (χ3v) is 3.37. The summed E-state index contributed by atoms with van der Waals surface area (Å²) in [4.78, 5) is 4.40. The number of nitrogen functional groups attached to an aromatic ring is 1. The Hall–Kier alpha value is -1.71. The van der Waals surface area contributed by atoms with Gasteiger partial charge < -0.3 is 15.0 Å². The predicted octanol–water partition coefficient (Wildman–Crippen LogP) is 2.35. The van der Waals surface area contributed by atoms with Crippen molar-refractivity contribution in [3.8, 4) is 5.75 Å². The van der Waals surface area contributed by atoms with Crippen LogP contribution in [0.1, 0.15) is 25.3 Å². The van der Waals surface area contributed by atoms with Gasteiger partial charge in [0, 0.05) is 6.04 Å². The van der Waals surface area contributed by atoms with Crippen LogP contribution in [0.5, 0.6) is 5.75 Å². The lowest BCUT2D eigenvalue weighted by Crippen LogP contribution is -2.18. The zero-order valence-electron chi connectivity index (χ0n) is 9.31. The van der Waals surface area contributed by atoms with Gasteiger partial charge in [-0.2, -0.15) is 0 Å². The Morgan fingerprint density at radius 2 is 2.25 bits per heavy atom. The molecule has 3 rings (SSSR count). The van der Waals surface area contributed by atoms with E-state index in [1.165, 1.54) is 19.3 Å². The Kier molecular flexibility index (Phi) is 2.02. The highest BCUT2D eigenvalue weighted by molar-refractivity contribution is 5.84. The third-order valence-electron chi connectivity index (χ3n) is 3.37. The van der Waals surface area contributed by atoms with Crippen LogP contribution in [0.4, 0.5) is 5.95 Å². The van der Waals surface area contributed by atoms with E-state index in [0.717, 1.165) is 16.8 Å². The molecule has 0 radical (unpaired) electrons. The van der Waals surface area contributed by atoms with Crippen LogP contribution < -0.4 is 10.5 Å². The van der Waals surface area contributed by atoms with Gasteiger partial charge in [-0.05, 0) is 31.4 Å². The molecule has 0 saturated heterocycles. The van der Waals surface area contributed by atoms with Gasteiger partial charge in [0.2, 0.25) is 5.95 Å². The Balaban J connectivity index is 2.24. The number of benzene rings is 1. The fraction of sp³-hybridized carbons (Fsp3) is 0.417. The number of para-hydroxylation sites is 1. The number of nitrogens with zero attached hydrogens (tertiary/aromatic N) is 2. The average Bonchev–Trinajstić information content (AvgIpc) is 2.54. The molecular weight excluding hydrogens is 202 g/mol. The van der Waals surface area contributed by atoms with E-state index in [1.54, 1.807) is 7.11 Å². The summed E-state index contributed by atoms with van der Waals surface area (Å²) in [5.41, 5.74) is 7.94. The first-order valence-electron chi connectivity index (χ1n) is 5.61. The first-order chi connectivity index (χ1) is 7.81. The molecule has 0 aliphatic heterocycles. The lowest BCUT2D eigenvalue weighted by atomic mass is 9.93. The molecule has 0 unspecified atom stereocenters. The van der Waals surface area contributed by atoms with E-state index < -0.39 is 0 Å². The molecule has 0 amide bonds. The van der Waals surface area contributed by atoms with Gasteiger partial charge in [0.15, 0.2) is 0 Å². The van der Waals surface area contributed by atoms with Crippen LogP contribution in [0, 0.1) is 0 Å². The molecule has 1 aromatic heterocycles. The van der Waals surface area contributed by atoms with Gasteiger partial charge >= 0.3 is 0 Å². The van der Waals surface area contributed by atoms with Gasteiger partial charge in [0.05, 0.1) is 12.6 Å². The lowest BCUT2D eigenvalue weighted by molar-refractivity contribution is 0.324. The van der Waals surface area contributed by atoms with Gasteiger partial charge in [0.25, 0.3) is 0 Å². The Labute approximate surface area is 94.0 Å². The van der Waals surface area contributed by atoms with Crippen molar-refractivity contribution in [2.24, 2.45) is 0 Å². The summed E-state index contributed by atoms with van der Waals surface area (Å²) in [6.45, 7) is 0. The molecular formula is C12H15N3O. The van der Waals surface area contributed by atoms with Crippen LogP contribution in [-0.2, 0) is 0 Å². The summed E-state index contributed by atoms with van der Waals surface area (Å²) < 4.78 is 7.44. The molecule has 4 heteroatoms. The van der Waals surface area contributed by atoms with Gasteiger partial charge in [-0.3, -0.25) is 0 Å². The lowest BCUT2D eigenvalue weighted by Gasteiger charge is -2.28. The number of rotatable bonds is 2. The molecule has 0 atom stereocenters. The number of hydrogen-bond donors (Lipinski definition) is 1. The summed E-state index contributed by atoms with van der Waals surface area (Å²) in [6.07, 6.45) is 3.69. The zero-order chi connectivity index (χ0) is 11.1. The fourth-order valence-electron chi connectivity index (χ4n) is 2.30. The quantitative estimate of drug-likeness (QED) is 0.840. The molecule has 84 valence electrons. The molecule has 0 spiro atoms. The van der Waals surface area contributed by atoms with Crippen molar-refractivity contribution in [1.82, 2.24) is 9.55 Å². The van der Waals surface area contributed by atoms with E-state index in [0.29, 0.717) is 12.0 Å². The number of aromatic nitrogens is 2. The van der Waals surface area contributed by atoms with Crippen LogP contribution in [0.15, 0.2) is 18.2 Å². The van der Waals surface area contributed by atoms with E-state index in [4.69, 9.17) is 10.5 Å². The molecule has 16 heavy (non-hydrogen) atoms. The van der Waals surface area contributed by atoms with Crippen molar-refractivity contribution in [1.29, 1.82) is 0 Å². The van der Waals surface area contributed by atoms with Crippen molar-refractivity contribution in [2.45, 2.75) is 25.3 Å². The molecule has 0 bridgehead atoms. The highest BCUT2D eigenvalue weighted by atomic mass is 16.5.